The monoisotopic (exact) mass is 487 g/mol. The van der Waals surface area contributed by atoms with Crippen molar-refractivity contribution in [2.24, 2.45) is 0 Å². The van der Waals surface area contributed by atoms with Gasteiger partial charge in [-0.25, -0.2) is 0 Å². The molecule has 0 aliphatic heterocycles. The Kier molecular flexibility index (Phi) is 27.3. The van der Waals surface area contributed by atoms with Gasteiger partial charge >= 0.3 is 22.4 Å². The van der Waals surface area contributed by atoms with Crippen molar-refractivity contribution in [3.05, 3.63) is 35.9 Å². The molecule has 0 saturated carbocycles. The van der Waals surface area contributed by atoms with Gasteiger partial charge in [-0.15, -0.1) is 0 Å². The zero-order valence-electron chi connectivity index (χ0n) is 14.3. The van der Waals surface area contributed by atoms with Gasteiger partial charge in [0.2, 0.25) is 0 Å². The van der Waals surface area contributed by atoms with E-state index in [2.05, 4.69) is 42.3 Å². The maximum absolute atomic E-state index is 8.22. The Balaban J connectivity index is 0. The van der Waals surface area contributed by atoms with E-state index < -0.39 is 0 Å². The molecule has 0 atom stereocenters. The van der Waals surface area contributed by atoms with Crippen molar-refractivity contribution in [1.82, 2.24) is 4.90 Å². The molecule has 0 fully saturated rings. The van der Waals surface area contributed by atoms with Gasteiger partial charge in [-0.3, -0.25) is 0 Å². The molecule has 0 aliphatic carbocycles. The Morgan fingerprint density at radius 3 is 1.96 bits per heavy atom. The molecule has 0 N–H and O–H groups in total. The first-order valence-corrected chi connectivity index (χ1v) is 11.6. The molecular weight excluding hydrogens is 460 g/mol. The Bertz CT molecular complexity index is 343. The minimum absolute atomic E-state index is 0.861. The normalized spacial score (nSPS) is 9.67. The molecule has 24 heavy (non-hydrogen) atoms. The Labute approximate surface area is 180 Å². The number of aryl methyl sites for hydroxylation is 1. The average Bonchev–Trinajstić information content (AvgIpc) is 2.63. The van der Waals surface area contributed by atoms with Crippen LogP contribution < -0.4 is 0 Å². The van der Waals surface area contributed by atoms with Crippen molar-refractivity contribution in [3.8, 4) is 0 Å². The second kappa shape index (κ2) is 24.0. The summed E-state index contributed by atoms with van der Waals surface area (Å²) in [5.41, 5.74) is 1.44. The van der Waals surface area contributed by atoms with Gasteiger partial charge in [-0.1, -0.05) is 36.8 Å². The zero-order chi connectivity index (χ0) is 18.5. The van der Waals surface area contributed by atoms with Crippen LogP contribution in [-0.2, 0) is 66.7 Å². The number of nitrogens with zero attached hydrogens (tertiary/aromatic N) is 1. The summed E-state index contributed by atoms with van der Waals surface area (Å²) < 4.78 is 8.22. The smallest absolute Gasteiger partial charge is 0.0287 e. The molecule has 0 unspecified atom stereocenters. The molecule has 0 radical (unpaired) electrons. The minimum Gasteiger partial charge on any atom is -0.792 e. The van der Waals surface area contributed by atoms with Gasteiger partial charge in [-0.2, -0.15) is 29.0 Å². The summed E-state index contributed by atoms with van der Waals surface area (Å²) in [6, 6.07) is 10.7. The predicted octanol–water partition coefficient (Wildman–Crippen LogP) is 3.18. The zero-order valence-corrected chi connectivity index (χ0v) is 19.4. The van der Waals surface area contributed by atoms with Crippen LogP contribution in [0.2, 0.25) is 0 Å². The maximum Gasteiger partial charge on any atom is -0.0287 e. The molecule has 1 aromatic carbocycles. The Morgan fingerprint density at radius 2 is 1.46 bits per heavy atom. The van der Waals surface area contributed by atoms with Crippen molar-refractivity contribution in [2.45, 2.75) is 19.3 Å². The third-order valence-electron chi connectivity index (χ3n) is 2.99. The van der Waals surface area contributed by atoms with Gasteiger partial charge < -0.3 is 42.8 Å². The van der Waals surface area contributed by atoms with Crippen LogP contribution >= 0.6 is 11.8 Å². The molecule has 0 amide bonds. The average molecular weight is 489 g/mol. The van der Waals surface area contributed by atoms with Crippen LogP contribution in [0, 0.1) is 0 Å². The molecule has 2 nitrogen and oxygen atoms in total. The molecule has 138 valence electrons. The summed E-state index contributed by atoms with van der Waals surface area (Å²) in [5, 5.41) is 0. The van der Waals surface area contributed by atoms with Crippen LogP contribution in [0.4, 0.5) is 0 Å². The first kappa shape index (κ1) is 27.3. The van der Waals surface area contributed by atoms with E-state index in [1.165, 1.54) is 24.9 Å². The number of hydrogen-bond donors (Lipinski definition) is 0. The van der Waals surface area contributed by atoms with Crippen molar-refractivity contribution in [2.75, 3.05) is 48.9 Å². The van der Waals surface area contributed by atoms with E-state index in [1.54, 1.807) is 0 Å². The number of hydrogen-bond acceptors (Lipinski definition) is 6. The van der Waals surface area contributed by atoms with Gasteiger partial charge in [0, 0.05) is 0 Å². The van der Waals surface area contributed by atoms with Crippen LogP contribution in [0.1, 0.15) is 18.4 Å². The summed E-state index contributed by atoms with van der Waals surface area (Å²) in [4.78, 5) is 2.37. The summed E-state index contributed by atoms with van der Waals surface area (Å²) in [7, 11) is 2.18. The van der Waals surface area contributed by atoms with Crippen molar-refractivity contribution < 1.29 is 22.4 Å². The first-order valence-electron chi connectivity index (χ1n) is 7.94. The predicted molar refractivity (Wildman–Crippen MR) is 112 cm³/mol. The van der Waals surface area contributed by atoms with Gasteiger partial charge in [0.15, 0.2) is 0 Å². The van der Waals surface area contributed by atoms with Crippen LogP contribution in [0.15, 0.2) is 30.3 Å². The Hall–Kier alpha value is 1.03. The number of thioether (sulfide) groups is 1. The SMILES string of the molecule is CN(CCC[S-])CCCc1ccccc1.[O]=[Tc+3].[S-]CCSCC[S-]. The molecule has 0 heterocycles. The van der Waals surface area contributed by atoms with Crippen molar-refractivity contribution in [3.63, 3.8) is 0 Å². The molecule has 0 aliphatic rings. The van der Waals surface area contributed by atoms with Crippen LogP contribution in [0.25, 0.3) is 0 Å². The number of benzene rings is 1. The van der Waals surface area contributed by atoms with E-state index >= 15 is 0 Å². The van der Waals surface area contributed by atoms with E-state index in [0.29, 0.717) is 0 Å². The van der Waals surface area contributed by atoms with Crippen LogP contribution in [-0.4, -0.2) is 53.8 Å². The van der Waals surface area contributed by atoms with Crippen molar-refractivity contribution >= 4 is 49.6 Å². The molecule has 1 rings (SSSR count). The second-order valence-electron chi connectivity index (χ2n) is 4.97. The summed E-state index contributed by atoms with van der Waals surface area (Å²) >= 11 is 17.1. The molecular formula is C17H28NOS4Tc. The van der Waals surface area contributed by atoms with E-state index in [0.717, 1.165) is 60.6 Å². The van der Waals surface area contributed by atoms with Gasteiger partial charge in [0.25, 0.3) is 0 Å². The second-order valence-corrected chi connectivity index (χ2v) is 7.42. The minimum atomic E-state index is 0.861. The first-order chi connectivity index (χ1) is 11.7. The van der Waals surface area contributed by atoms with Crippen molar-refractivity contribution in [1.29, 1.82) is 0 Å². The fourth-order valence-electron chi connectivity index (χ4n) is 1.86. The van der Waals surface area contributed by atoms with E-state index in [1.807, 2.05) is 11.8 Å². The molecule has 0 aromatic heterocycles. The Morgan fingerprint density at radius 1 is 0.917 bits per heavy atom. The topological polar surface area (TPSA) is 20.3 Å². The van der Waals surface area contributed by atoms with Gasteiger partial charge in [-0.05, 0) is 50.0 Å². The molecule has 0 spiro atoms. The largest absolute Gasteiger partial charge is 0.792 e. The summed E-state index contributed by atoms with van der Waals surface area (Å²) in [5.74, 6) is 4.78. The van der Waals surface area contributed by atoms with Gasteiger partial charge in [0.05, 0.1) is 0 Å². The van der Waals surface area contributed by atoms with E-state index in [4.69, 9.17) is 41.4 Å². The number of rotatable bonds is 11. The van der Waals surface area contributed by atoms with E-state index in [-0.39, 0.29) is 0 Å². The summed E-state index contributed by atoms with van der Waals surface area (Å²) in [6.07, 6.45) is 3.55. The quantitative estimate of drug-likeness (QED) is 0.350. The molecule has 7 heteroatoms. The van der Waals surface area contributed by atoms with E-state index in [9.17, 15) is 0 Å². The van der Waals surface area contributed by atoms with Crippen LogP contribution in [0.5, 0.6) is 0 Å². The molecule has 0 saturated heterocycles. The fraction of sp³-hybridized carbons (Fsp3) is 0.647. The summed E-state index contributed by atoms with van der Waals surface area (Å²) in [6.45, 7) is 2.31. The standard InChI is InChI=1S/C13H21NS.C4H10S3.O.Tc/c1-14(11-6-12-15)10-5-9-13-7-3-2-4-8-13;5-1-3-7-4-2-6;;/h2-4,7-8,15H,5-6,9-12H2,1H3;5-6H,1-4H2;;/q;;;+3/p-3. The fourth-order valence-corrected chi connectivity index (χ4v) is 3.14. The third kappa shape index (κ3) is 21.1. The maximum atomic E-state index is 8.22. The van der Waals surface area contributed by atoms with Gasteiger partial charge in [0.1, 0.15) is 0 Å². The molecule has 1 aromatic rings. The third-order valence-corrected chi connectivity index (χ3v) is 5.19. The molecule has 0 bridgehead atoms. The van der Waals surface area contributed by atoms with Crippen LogP contribution in [0.3, 0.4) is 0 Å².